The number of amides is 1. The first-order valence-corrected chi connectivity index (χ1v) is 7.69. The van der Waals surface area contributed by atoms with E-state index >= 15 is 0 Å². The third kappa shape index (κ3) is 6.62. The summed E-state index contributed by atoms with van der Waals surface area (Å²) in [5.74, 6) is 0.0103. The van der Waals surface area contributed by atoms with Crippen LogP contribution in [0.25, 0.3) is 0 Å². The van der Waals surface area contributed by atoms with Gasteiger partial charge < -0.3 is 15.2 Å². The van der Waals surface area contributed by atoms with E-state index in [-0.39, 0.29) is 16.9 Å². The van der Waals surface area contributed by atoms with Gasteiger partial charge in [-0.05, 0) is 44.9 Å². The average molecular weight is 358 g/mol. The van der Waals surface area contributed by atoms with Gasteiger partial charge in [0.2, 0.25) is 0 Å². The van der Waals surface area contributed by atoms with Gasteiger partial charge in [0.1, 0.15) is 11.4 Å². The molecule has 0 fully saturated rings. The Kier molecular flexibility index (Phi) is 6.20. The molecule has 0 radical (unpaired) electrons. The van der Waals surface area contributed by atoms with E-state index in [1.807, 2.05) is 0 Å². The van der Waals surface area contributed by atoms with Gasteiger partial charge in [-0.2, -0.15) is 0 Å². The van der Waals surface area contributed by atoms with Crippen molar-refractivity contribution in [3.05, 3.63) is 29.8 Å². The van der Waals surface area contributed by atoms with Crippen molar-refractivity contribution in [3.63, 3.8) is 0 Å². The van der Waals surface area contributed by atoms with Gasteiger partial charge in [-0.25, -0.2) is 4.79 Å². The lowest BCUT2D eigenvalue weighted by Gasteiger charge is -2.23. The highest BCUT2D eigenvalue weighted by Crippen LogP contribution is 2.13. The number of ether oxygens (including phenoxy) is 1. The van der Waals surface area contributed by atoms with Gasteiger partial charge in [0, 0.05) is 0 Å². The Hall–Kier alpha value is -1.56. The van der Waals surface area contributed by atoms with Crippen LogP contribution in [0.3, 0.4) is 0 Å². The molecule has 0 aromatic heterocycles. The van der Waals surface area contributed by atoms with Crippen LogP contribution in [0.4, 0.5) is 4.79 Å². The van der Waals surface area contributed by atoms with Crippen LogP contribution in [0, 0.1) is 0 Å². The molecule has 1 aromatic carbocycles. The molecule has 0 aliphatic heterocycles. The van der Waals surface area contributed by atoms with Crippen molar-refractivity contribution in [1.82, 2.24) is 5.32 Å². The Balaban J connectivity index is 2.74. The van der Waals surface area contributed by atoms with E-state index in [0.717, 1.165) is 5.56 Å². The SMILES string of the molecule is CC(C)(C)OC(=O)NC(Cc1ccc(O)cc1)C(=O)CBr. The van der Waals surface area contributed by atoms with Gasteiger partial charge in [0.05, 0.1) is 11.4 Å². The molecular weight excluding hydrogens is 338 g/mol. The highest BCUT2D eigenvalue weighted by Gasteiger charge is 2.23. The Morgan fingerprint density at radius 2 is 1.86 bits per heavy atom. The first-order chi connectivity index (χ1) is 9.71. The normalized spacial score (nSPS) is 12.6. The summed E-state index contributed by atoms with van der Waals surface area (Å²) in [7, 11) is 0. The third-order valence-electron chi connectivity index (χ3n) is 2.59. The molecule has 0 saturated heterocycles. The van der Waals surface area contributed by atoms with Crippen LogP contribution in [0.2, 0.25) is 0 Å². The number of alkyl halides is 1. The van der Waals surface area contributed by atoms with E-state index in [4.69, 9.17) is 4.74 Å². The fourth-order valence-electron chi connectivity index (χ4n) is 1.66. The minimum absolute atomic E-state index is 0.144. The van der Waals surface area contributed by atoms with E-state index in [0.29, 0.717) is 6.42 Å². The summed E-state index contributed by atoms with van der Waals surface area (Å²) >= 11 is 3.11. The van der Waals surface area contributed by atoms with E-state index in [1.165, 1.54) is 0 Å². The van der Waals surface area contributed by atoms with Crippen LogP contribution < -0.4 is 5.32 Å². The molecule has 6 heteroatoms. The summed E-state index contributed by atoms with van der Waals surface area (Å²) in [6.07, 6.45) is -0.287. The van der Waals surface area contributed by atoms with Crippen LogP contribution in [0.15, 0.2) is 24.3 Å². The number of phenols is 1. The fraction of sp³-hybridized carbons (Fsp3) is 0.467. The highest BCUT2D eigenvalue weighted by molar-refractivity contribution is 9.09. The molecule has 0 aliphatic rings. The van der Waals surface area contributed by atoms with Gasteiger partial charge in [0.25, 0.3) is 0 Å². The zero-order chi connectivity index (χ0) is 16.0. The van der Waals surface area contributed by atoms with Gasteiger partial charge in [-0.3, -0.25) is 4.79 Å². The lowest BCUT2D eigenvalue weighted by molar-refractivity contribution is -0.118. The zero-order valence-corrected chi connectivity index (χ0v) is 13.9. The summed E-state index contributed by atoms with van der Waals surface area (Å²) in [6.45, 7) is 5.27. The first kappa shape index (κ1) is 17.5. The number of nitrogens with one attached hydrogen (secondary N) is 1. The maximum atomic E-state index is 11.9. The zero-order valence-electron chi connectivity index (χ0n) is 12.4. The number of hydrogen-bond acceptors (Lipinski definition) is 4. The number of carbonyl (C=O) groups excluding carboxylic acids is 2. The van der Waals surface area contributed by atoms with Crippen LogP contribution in [0.5, 0.6) is 5.75 Å². The summed E-state index contributed by atoms with van der Waals surface area (Å²) in [4.78, 5) is 23.7. The van der Waals surface area contributed by atoms with E-state index in [9.17, 15) is 14.7 Å². The number of halogens is 1. The second-order valence-electron chi connectivity index (χ2n) is 5.67. The number of rotatable bonds is 5. The monoisotopic (exact) mass is 357 g/mol. The van der Waals surface area contributed by atoms with Gasteiger partial charge >= 0.3 is 6.09 Å². The summed E-state index contributed by atoms with van der Waals surface area (Å²) in [6, 6.07) is 5.82. The van der Waals surface area contributed by atoms with Gasteiger partial charge in [0.15, 0.2) is 5.78 Å². The first-order valence-electron chi connectivity index (χ1n) is 6.57. The molecule has 1 atom stereocenters. The Labute approximate surface area is 132 Å². The predicted octanol–water partition coefficient (Wildman–Crippen LogP) is 2.79. The second-order valence-corrected chi connectivity index (χ2v) is 6.23. The Morgan fingerprint density at radius 3 is 2.33 bits per heavy atom. The molecule has 0 aliphatic carbocycles. The molecular formula is C15H20BrNO4. The van der Waals surface area contributed by atoms with E-state index in [1.54, 1.807) is 45.0 Å². The summed E-state index contributed by atoms with van der Waals surface area (Å²) < 4.78 is 5.16. The Bertz CT molecular complexity index is 493. The third-order valence-corrected chi connectivity index (χ3v) is 3.14. The van der Waals surface area contributed by atoms with Crippen LogP contribution >= 0.6 is 15.9 Å². The number of aromatic hydroxyl groups is 1. The highest BCUT2D eigenvalue weighted by atomic mass is 79.9. The van der Waals surface area contributed by atoms with Crippen molar-refractivity contribution in [2.24, 2.45) is 0 Å². The standard InChI is InChI=1S/C15H20BrNO4/c1-15(2,3)21-14(20)17-12(13(19)9-16)8-10-4-6-11(18)7-5-10/h4-7,12,18H,8-9H2,1-3H3,(H,17,20). The van der Waals surface area contributed by atoms with Crippen molar-refractivity contribution in [3.8, 4) is 5.75 Å². The quantitative estimate of drug-likeness (QED) is 0.794. The number of benzene rings is 1. The molecule has 5 nitrogen and oxygen atoms in total. The van der Waals surface area contributed by atoms with Crippen molar-refractivity contribution in [2.45, 2.75) is 38.8 Å². The fourth-order valence-corrected chi connectivity index (χ4v) is 2.05. The number of carbonyl (C=O) groups is 2. The summed E-state index contributed by atoms with van der Waals surface area (Å²) in [5, 5.41) is 12.0. The number of ketones is 1. The minimum atomic E-state index is -0.677. The molecule has 0 bridgehead atoms. The molecule has 116 valence electrons. The van der Waals surface area contributed by atoms with Crippen LogP contribution in [0.1, 0.15) is 26.3 Å². The number of hydrogen-bond donors (Lipinski definition) is 2. The molecule has 21 heavy (non-hydrogen) atoms. The lowest BCUT2D eigenvalue weighted by atomic mass is 10.0. The molecule has 1 rings (SSSR count). The molecule has 0 spiro atoms. The van der Waals surface area contributed by atoms with Gasteiger partial charge in [-0.15, -0.1) is 0 Å². The largest absolute Gasteiger partial charge is 0.508 e. The van der Waals surface area contributed by atoms with Crippen LogP contribution in [-0.4, -0.2) is 34.0 Å². The van der Waals surface area contributed by atoms with E-state index in [2.05, 4.69) is 21.2 Å². The smallest absolute Gasteiger partial charge is 0.408 e. The van der Waals surface area contributed by atoms with Crippen LogP contribution in [-0.2, 0) is 16.0 Å². The lowest BCUT2D eigenvalue weighted by Crippen LogP contribution is -2.45. The average Bonchev–Trinajstić information content (AvgIpc) is 2.37. The maximum Gasteiger partial charge on any atom is 0.408 e. The molecule has 1 unspecified atom stereocenters. The van der Waals surface area contributed by atoms with Crippen molar-refractivity contribution in [2.75, 3.05) is 5.33 Å². The number of alkyl carbamates (subject to hydrolysis) is 1. The Morgan fingerprint density at radius 1 is 1.29 bits per heavy atom. The molecule has 2 N–H and O–H groups in total. The molecule has 1 amide bonds. The predicted molar refractivity (Wildman–Crippen MR) is 83.8 cm³/mol. The molecule has 0 saturated carbocycles. The minimum Gasteiger partial charge on any atom is -0.508 e. The maximum absolute atomic E-state index is 11.9. The van der Waals surface area contributed by atoms with Crippen molar-refractivity contribution >= 4 is 27.8 Å². The van der Waals surface area contributed by atoms with Gasteiger partial charge in [-0.1, -0.05) is 28.1 Å². The topological polar surface area (TPSA) is 75.6 Å². The molecule has 1 aromatic rings. The summed E-state index contributed by atoms with van der Waals surface area (Å²) in [5.41, 5.74) is 0.216. The molecule has 0 heterocycles. The number of Topliss-reactive ketones (excluding diaryl/α,β-unsaturated/α-hetero) is 1. The van der Waals surface area contributed by atoms with Crippen molar-refractivity contribution in [1.29, 1.82) is 0 Å². The van der Waals surface area contributed by atoms with Crippen molar-refractivity contribution < 1.29 is 19.4 Å². The second kappa shape index (κ2) is 7.45. The number of phenolic OH excluding ortho intramolecular Hbond substituents is 1. The van der Waals surface area contributed by atoms with E-state index < -0.39 is 17.7 Å².